The van der Waals surface area contributed by atoms with Crippen LogP contribution in [0.4, 0.5) is 5.13 Å². The molecule has 4 rings (SSSR count). The number of carboxylic acid groups (broad SMARTS) is 2. The summed E-state index contributed by atoms with van der Waals surface area (Å²) in [7, 11) is 0. The van der Waals surface area contributed by atoms with Crippen molar-refractivity contribution in [1.82, 2.24) is 30.6 Å². The highest BCUT2D eigenvalue weighted by atomic mass is 32.2. The zero-order valence-electron chi connectivity index (χ0n) is 18.7. The van der Waals surface area contributed by atoms with E-state index in [0.717, 1.165) is 16.2 Å². The molecule has 0 bridgehead atoms. The summed E-state index contributed by atoms with van der Waals surface area (Å²) in [5.74, 6) is -3.71. The zero-order valence-corrected chi connectivity index (χ0v) is 21.9. The van der Waals surface area contributed by atoms with Crippen molar-refractivity contribution in [2.75, 3.05) is 16.6 Å². The van der Waals surface area contributed by atoms with Crippen LogP contribution in [0.1, 0.15) is 12.6 Å². The number of carbonyl (C=O) groups excluding carboxylic acids is 2. The Morgan fingerprint density at radius 1 is 1.41 bits per heavy atom. The van der Waals surface area contributed by atoms with Crippen molar-refractivity contribution >= 4 is 81.2 Å². The van der Waals surface area contributed by atoms with Crippen molar-refractivity contribution in [3.8, 4) is 0 Å². The number of oxime groups is 1. The van der Waals surface area contributed by atoms with Gasteiger partial charge in [-0.2, -0.15) is 10.3 Å². The number of amides is 2. The van der Waals surface area contributed by atoms with Gasteiger partial charge >= 0.3 is 11.9 Å². The lowest BCUT2D eigenvalue weighted by Gasteiger charge is -2.49. The number of hydrogen-bond acceptors (Lipinski definition) is 14. The minimum atomic E-state index is -1.35. The van der Waals surface area contributed by atoms with E-state index >= 15 is 0 Å². The molecule has 0 radical (unpaired) electrons. The van der Waals surface area contributed by atoms with Crippen molar-refractivity contribution in [2.24, 2.45) is 5.16 Å². The van der Waals surface area contributed by atoms with E-state index in [0.29, 0.717) is 20.8 Å². The number of aromatic nitrogens is 4. The molecule has 196 valence electrons. The lowest BCUT2D eigenvalue weighted by Crippen LogP contribution is -2.71. The van der Waals surface area contributed by atoms with Crippen LogP contribution in [0.5, 0.6) is 0 Å². The molecule has 19 heteroatoms. The SMILES string of the molecule is C[C@H](O/N=C(\C(=O)N[C@@H]1C(=O)N2C(C(=O)O)=C(SCSc3cn[nH]n3)CS[C@H]12)c1csc(N)n1)C(=O)O. The van der Waals surface area contributed by atoms with Crippen LogP contribution >= 0.6 is 46.6 Å². The van der Waals surface area contributed by atoms with E-state index in [4.69, 9.17) is 15.7 Å². The maximum absolute atomic E-state index is 13.0. The fraction of sp³-hybridized carbons (Fsp3) is 0.333. The molecule has 1 fully saturated rings. The summed E-state index contributed by atoms with van der Waals surface area (Å²) in [4.78, 5) is 59.6. The van der Waals surface area contributed by atoms with E-state index in [1.807, 2.05) is 0 Å². The summed E-state index contributed by atoms with van der Waals surface area (Å²) in [6, 6.07) is -1.04. The maximum Gasteiger partial charge on any atom is 0.353 e. The lowest BCUT2D eigenvalue weighted by atomic mass is 10.0. The third-order valence-corrected chi connectivity index (χ3v) is 9.14. The average Bonchev–Trinajstić information content (AvgIpc) is 3.53. The first kappa shape index (κ1) is 26.8. The van der Waals surface area contributed by atoms with Crippen LogP contribution in [0.2, 0.25) is 0 Å². The predicted molar refractivity (Wildman–Crippen MR) is 136 cm³/mol. The number of thiazole rings is 1. The Kier molecular flexibility index (Phi) is 8.25. The Hall–Kier alpha value is -3.29. The molecule has 0 saturated carbocycles. The number of aromatic amines is 1. The molecule has 2 aliphatic rings. The fourth-order valence-corrected chi connectivity index (χ4v) is 7.23. The molecule has 2 aliphatic heterocycles. The Morgan fingerprint density at radius 2 is 2.19 bits per heavy atom. The second-order valence-corrected chi connectivity index (χ2v) is 11.7. The number of β-lactam (4-membered cyclic amide) rings is 1. The summed E-state index contributed by atoms with van der Waals surface area (Å²) >= 11 is 4.97. The molecule has 2 amide bonds. The molecule has 15 nitrogen and oxygen atoms in total. The highest BCUT2D eigenvalue weighted by Crippen LogP contribution is 2.44. The van der Waals surface area contributed by atoms with Gasteiger partial charge in [0, 0.05) is 16.0 Å². The quantitative estimate of drug-likeness (QED) is 0.0780. The van der Waals surface area contributed by atoms with E-state index in [1.165, 1.54) is 47.6 Å². The van der Waals surface area contributed by atoms with Gasteiger partial charge in [-0.05, 0) is 6.92 Å². The van der Waals surface area contributed by atoms with Gasteiger partial charge in [0.25, 0.3) is 11.8 Å². The average molecular weight is 587 g/mol. The van der Waals surface area contributed by atoms with E-state index in [9.17, 15) is 24.3 Å². The lowest BCUT2D eigenvalue weighted by molar-refractivity contribution is -0.150. The summed E-state index contributed by atoms with van der Waals surface area (Å²) in [6.07, 6.45) is 0.190. The first-order valence-electron chi connectivity index (χ1n) is 10.2. The highest BCUT2D eigenvalue weighted by Gasteiger charge is 2.54. The van der Waals surface area contributed by atoms with Gasteiger partial charge in [-0.1, -0.05) is 16.9 Å². The van der Waals surface area contributed by atoms with Crippen molar-refractivity contribution in [1.29, 1.82) is 0 Å². The van der Waals surface area contributed by atoms with Crippen LogP contribution in [0.25, 0.3) is 0 Å². The zero-order chi connectivity index (χ0) is 26.7. The van der Waals surface area contributed by atoms with Crippen molar-refractivity contribution in [3.05, 3.63) is 27.9 Å². The monoisotopic (exact) mass is 586 g/mol. The van der Waals surface area contributed by atoms with Crippen LogP contribution in [0, 0.1) is 0 Å². The van der Waals surface area contributed by atoms with E-state index in [1.54, 1.807) is 6.20 Å². The summed E-state index contributed by atoms with van der Waals surface area (Å²) in [6.45, 7) is 1.22. The smallest absolute Gasteiger partial charge is 0.353 e. The van der Waals surface area contributed by atoms with Gasteiger partial charge in [-0.3, -0.25) is 14.5 Å². The predicted octanol–water partition coefficient (Wildman–Crippen LogP) is 0.216. The number of rotatable bonds is 11. The Morgan fingerprint density at radius 3 is 2.81 bits per heavy atom. The third kappa shape index (κ3) is 5.84. The van der Waals surface area contributed by atoms with Gasteiger partial charge in [0.15, 0.2) is 10.8 Å². The number of anilines is 1. The minimum absolute atomic E-state index is 0.0342. The molecule has 4 heterocycles. The number of nitrogens with two attached hydrogens (primary N) is 1. The highest BCUT2D eigenvalue weighted by molar-refractivity contribution is 8.18. The molecule has 0 aromatic carbocycles. The van der Waals surface area contributed by atoms with Gasteiger partial charge in [-0.15, -0.1) is 40.0 Å². The standard InChI is InChI=1S/C18H18N8O7S4/c1-6(16(29)30)33-24-10(7-3-35-18(19)21-7)13(27)22-11-14(28)26-12(17(31)32)8(4-34-15(11)26)36-5-37-9-2-20-25-23-9/h2-3,6,11,15H,4-5H2,1H3,(H2,19,21)(H,22,27)(H,29,30)(H,31,32)(H,20,23,25)/b24-10-/t6-,11+,15+/m0/s1. The molecule has 0 unspecified atom stereocenters. The second kappa shape index (κ2) is 11.4. The second-order valence-electron chi connectivity index (χ2n) is 7.25. The van der Waals surface area contributed by atoms with Gasteiger partial charge in [0.2, 0.25) is 6.10 Å². The molecule has 0 spiro atoms. The van der Waals surface area contributed by atoms with Crippen LogP contribution in [-0.4, -0.2) is 93.3 Å². The first-order chi connectivity index (χ1) is 17.7. The minimum Gasteiger partial charge on any atom is -0.478 e. The Bertz CT molecular complexity index is 1280. The first-order valence-corrected chi connectivity index (χ1v) is 14.1. The Labute approximate surface area is 224 Å². The van der Waals surface area contributed by atoms with E-state index in [2.05, 4.69) is 30.9 Å². The van der Waals surface area contributed by atoms with Crippen LogP contribution in [0.15, 0.2) is 32.4 Å². The third-order valence-electron chi connectivity index (χ3n) is 4.88. The number of nitrogens with zero attached hydrogens (tertiary/aromatic N) is 5. The summed E-state index contributed by atoms with van der Waals surface area (Å²) in [5, 5.41) is 37.1. The molecule has 1 saturated heterocycles. The number of aliphatic carboxylic acids is 2. The van der Waals surface area contributed by atoms with Crippen molar-refractivity contribution in [3.63, 3.8) is 0 Å². The normalized spacial score (nSPS) is 20.2. The van der Waals surface area contributed by atoms with E-state index < -0.39 is 41.3 Å². The number of carbonyl (C=O) groups is 4. The summed E-state index contributed by atoms with van der Waals surface area (Å²) in [5.41, 5.74) is 5.16. The van der Waals surface area contributed by atoms with Crippen LogP contribution < -0.4 is 11.1 Å². The number of nitrogen functional groups attached to an aromatic ring is 1. The van der Waals surface area contributed by atoms with Gasteiger partial charge in [0.1, 0.15) is 27.8 Å². The molecule has 37 heavy (non-hydrogen) atoms. The molecule has 2 aromatic heterocycles. The van der Waals surface area contributed by atoms with Gasteiger partial charge < -0.3 is 26.1 Å². The number of nitrogens with one attached hydrogen (secondary N) is 2. The number of thioether (sulfide) groups is 3. The molecule has 0 aliphatic carbocycles. The van der Waals surface area contributed by atoms with Crippen LogP contribution in [-0.2, 0) is 24.0 Å². The molecule has 3 atom stereocenters. The van der Waals surface area contributed by atoms with Crippen molar-refractivity contribution in [2.45, 2.75) is 29.5 Å². The maximum atomic E-state index is 13.0. The molecule has 6 N–H and O–H groups in total. The molecular weight excluding hydrogens is 569 g/mol. The molecular formula is C18H18N8O7S4. The number of hydrogen-bond donors (Lipinski definition) is 5. The Balaban J connectivity index is 1.47. The number of H-pyrrole nitrogens is 1. The fourth-order valence-electron chi connectivity index (χ4n) is 3.11. The van der Waals surface area contributed by atoms with Gasteiger partial charge in [-0.25, -0.2) is 14.6 Å². The van der Waals surface area contributed by atoms with Crippen molar-refractivity contribution < 1.29 is 34.2 Å². The topological polar surface area (TPSA) is 226 Å². The summed E-state index contributed by atoms with van der Waals surface area (Å²) < 4.78 is 0. The van der Waals surface area contributed by atoms with Crippen LogP contribution in [0.3, 0.4) is 0 Å². The van der Waals surface area contributed by atoms with Gasteiger partial charge in [0.05, 0.1) is 11.3 Å². The molecule has 2 aromatic rings. The largest absolute Gasteiger partial charge is 0.478 e. The number of carboxylic acids is 2. The number of fused-ring (bicyclic) bond motifs is 1. The van der Waals surface area contributed by atoms with E-state index in [-0.39, 0.29) is 22.2 Å².